The number of carbonyl (C=O) groups excluding carboxylic acids is 1. The zero-order valence-corrected chi connectivity index (χ0v) is 16.6. The van der Waals surface area contributed by atoms with Crippen LogP contribution >= 0.6 is 12.4 Å². The van der Waals surface area contributed by atoms with Crippen molar-refractivity contribution in [3.05, 3.63) is 35.4 Å². The Morgan fingerprint density at radius 2 is 2.00 bits per heavy atom. The smallest absolute Gasteiger partial charge is 0.237 e. The van der Waals surface area contributed by atoms with Crippen LogP contribution in [0.3, 0.4) is 0 Å². The highest BCUT2D eigenvalue weighted by Gasteiger charge is 2.21. The number of nitrogens with one attached hydrogen (secondary N) is 1. The van der Waals surface area contributed by atoms with E-state index in [2.05, 4.69) is 42.3 Å². The third-order valence-electron chi connectivity index (χ3n) is 5.45. The maximum Gasteiger partial charge on any atom is 0.237 e. The number of piperidine rings is 1. The van der Waals surface area contributed by atoms with E-state index < -0.39 is 6.04 Å². The van der Waals surface area contributed by atoms with E-state index >= 15 is 0 Å². The number of rotatable bonds is 7. The van der Waals surface area contributed by atoms with Gasteiger partial charge in [-0.25, -0.2) is 0 Å². The second kappa shape index (κ2) is 10.8. The Bertz CT molecular complexity index is 537. The number of amides is 1. The molecule has 0 saturated carbocycles. The fraction of sp³-hybridized carbons (Fsp3) is 0.650. The molecule has 1 amide bonds. The zero-order chi connectivity index (χ0) is 17.5. The second-order valence-electron chi connectivity index (χ2n) is 7.21. The van der Waals surface area contributed by atoms with Gasteiger partial charge in [-0.3, -0.25) is 9.69 Å². The van der Waals surface area contributed by atoms with Crippen LogP contribution in [-0.2, 0) is 17.9 Å². The van der Waals surface area contributed by atoms with E-state index in [1.165, 1.54) is 36.9 Å². The molecule has 3 unspecified atom stereocenters. The predicted octanol–water partition coefficient (Wildman–Crippen LogP) is 3.47. The fourth-order valence-corrected chi connectivity index (χ4v) is 3.31. The molecule has 25 heavy (non-hydrogen) atoms. The normalized spacial score (nSPS) is 20.4. The minimum absolute atomic E-state index is 0. The van der Waals surface area contributed by atoms with Crippen LogP contribution in [0, 0.1) is 5.92 Å². The first kappa shape index (κ1) is 21.9. The van der Waals surface area contributed by atoms with Gasteiger partial charge in [-0.05, 0) is 43.4 Å². The Morgan fingerprint density at radius 1 is 1.32 bits per heavy atom. The Labute approximate surface area is 158 Å². The van der Waals surface area contributed by atoms with Gasteiger partial charge in [0, 0.05) is 19.1 Å². The second-order valence-corrected chi connectivity index (χ2v) is 7.21. The van der Waals surface area contributed by atoms with Crippen LogP contribution in [0.4, 0.5) is 0 Å². The Hall–Kier alpha value is -1.10. The molecule has 1 aromatic carbocycles. The Balaban J connectivity index is 0.00000312. The van der Waals surface area contributed by atoms with Gasteiger partial charge in [0.25, 0.3) is 0 Å². The molecule has 0 bridgehead atoms. The largest absolute Gasteiger partial charge is 0.351 e. The van der Waals surface area contributed by atoms with Crippen LogP contribution in [0.1, 0.15) is 57.6 Å². The van der Waals surface area contributed by atoms with Crippen molar-refractivity contribution >= 4 is 18.3 Å². The van der Waals surface area contributed by atoms with Crippen molar-refractivity contribution in [2.75, 3.05) is 6.54 Å². The van der Waals surface area contributed by atoms with E-state index in [0.717, 1.165) is 13.0 Å². The third kappa shape index (κ3) is 6.28. The summed E-state index contributed by atoms with van der Waals surface area (Å²) in [5, 5.41) is 3.02. The molecule has 5 heteroatoms. The highest BCUT2D eigenvalue weighted by molar-refractivity contribution is 5.85. The lowest BCUT2D eigenvalue weighted by atomic mass is 9.99. The summed E-state index contributed by atoms with van der Waals surface area (Å²) in [6.07, 6.45) is 4.82. The van der Waals surface area contributed by atoms with E-state index in [-0.39, 0.29) is 24.2 Å². The van der Waals surface area contributed by atoms with Gasteiger partial charge in [-0.1, -0.05) is 51.0 Å². The molecule has 0 aromatic heterocycles. The van der Waals surface area contributed by atoms with Gasteiger partial charge in [0.05, 0.1) is 6.04 Å². The van der Waals surface area contributed by atoms with Crippen LogP contribution in [0.5, 0.6) is 0 Å². The lowest BCUT2D eigenvalue weighted by Crippen LogP contribution is -2.44. The summed E-state index contributed by atoms with van der Waals surface area (Å²) in [7, 11) is 0. The number of halogens is 1. The lowest BCUT2D eigenvalue weighted by Gasteiger charge is -2.33. The van der Waals surface area contributed by atoms with E-state index in [4.69, 9.17) is 5.73 Å². The minimum Gasteiger partial charge on any atom is -0.351 e. The molecule has 0 radical (unpaired) electrons. The number of hydrogen-bond donors (Lipinski definition) is 2. The first-order valence-electron chi connectivity index (χ1n) is 9.37. The Morgan fingerprint density at radius 3 is 2.64 bits per heavy atom. The summed E-state index contributed by atoms with van der Waals surface area (Å²) in [4.78, 5) is 14.8. The first-order chi connectivity index (χ1) is 11.5. The van der Waals surface area contributed by atoms with Crippen molar-refractivity contribution in [2.24, 2.45) is 11.7 Å². The monoisotopic (exact) mass is 367 g/mol. The van der Waals surface area contributed by atoms with E-state index in [1.54, 1.807) is 0 Å². The fourth-order valence-electron chi connectivity index (χ4n) is 3.31. The summed E-state index contributed by atoms with van der Waals surface area (Å²) in [5.41, 5.74) is 8.52. The Kier molecular flexibility index (Phi) is 9.47. The number of carbonyl (C=O) groups is 1. The van der Waals surface area contributed by atoms with Gasteiger partial charge in [-0.2, -0.15) is 0 Å². The van der Waals surface area contributed by atoms with Crippen LogP contribution in [0.25, 0.3) is 0 Å². The number of nitrogens with zero attached hydrogens (tertiary/aromatic N) is 1. The molecule has 0 spiro atoms. The molecule has 1 aliphatic rings. The molecule has 3 N–H and O–H groups in total. The molecular formula is C20H34ClN3O. The highest BCUT2D eigenvalue weighted by atomic mass is 35.5. The van der Waals surface area contributed by atoms with E-state index in [0.29, 0.717) is 12.6 Å². The van der Waals surface area contributed by atoms with Crippen molar-refractivity contribution in [3.8, 4) is 0 Å². The number of nitrogens with two attached hydrogens (primary N) is 1. The van der Waals surface area contributed by atoms with Crippen LogP contribution in [0.15, 0.2) is 24.3 Å². The topological polar surface area (TPSA) is 58.4 Å². The molecule has 4 nitrogen and oxygen atoms in total. The summed E-state index contributed by atoms with van der Waals surface area (Å²) < 4.78 is 0. The highest BCUT2D eigenvalue weighted by Crippen LogP contribution is 2.20. The number of benzene rings is 1. The molecular weight excluding hydrogens is 334 g/mol. The summed E-state index contributed by atoms with van der Waals surface area (Å²) in [6.45, 7) is 9.09. The van der Waals surface area contributed by atoms with E-state index in [9.17, 15) is 4.79 Å². The van der Waals surface area contributed by atoms with Gasteiger partial charge < -0.3 is 11.1 Å². The third-order valence-corrected chi connectivity index (χ3v) is 5.45. The first-order valence-corrected chi connectivity index (χ1v) is 9.37. The predicted molar refractivity (Wildman–Crippen MR) is 107 cm³/mol. The zero-order valence-electron chi connectivity index (χ0n) is 15.8. The molecule has 142 valence electrons. The van der Waals surface area contributed by atoms with Crippen molar-refractivity contribution in [2.45, 2.75) is 71.6 Å². The van der Waals surface area contributed by atoms with Gasteiger partial charge in [0.2, 0.25) is 5.91 Å². The summed E-state index contributed by atoms with van der Waals surface area (Å²) >= 11 is 0. The van der Waals surface area contributed by atoms with Crippen molar-refractivity contribution in [1.29, 1.82) is 0 Å². The molecule has 1 aromatic rings. The summed E-state index contributed by atoms with van der Waals surface area (Å²) in [5.74, 6) is 0.153. The molecule has 1 heterocycles. The lowest BCUT2D eigenvalue weighted by molar-refractivity contribution is -0.123. The molecule has 1 fully saturated rings. The quantitative estimate of drug-likeness (QED) is 0.775. The molecule has 3 atom stereocenters. The summed E-state index contributed by atoms with van der Waals surface area (Å²) in [6, 6.07) is 8.62. The van der Waals surface area contributed by atoms with Gasteiger partial charge in [0.15, 0.2) is 0 Å². The number of hydrogen-bond acceptors (Lipinski definition) is 3. The average Bonchev–Trinajstić information content (AvgIpc) is 2.61. The van der Waals surface area contributed by atoms with Gasteiger partial charge >= 0.3 is 0 Å². The number of likely N-dealkylation sites (tertiary alicyclic amines) is 1. The van der Waals surface area contributed by atoms with Crippen LogP contribution in [0.2, 0.25) is 0 Å². The van der Waals surface area contributed by atoms with Crippen molar-refractivity contribution in [3.63, 3.8) is 0 Å². The molecule has 1 saturated heterocycles. The van der Waals surface area contributed by atoms with E-state index in [1.807, 2.05) is 13.0 Å². The standard InChI is InChI=1S/C20H33N3O.ClH/c1-4-15(2)19(21)20(24)22-13-17-10-5-6-11-18(17)14-23-12-8-7-9-16(23)3;/h5-6,10-11,15-16,19H,4,7-9,12-14,21H2,1-3H3,(H,22,24);1H. The van der Waals surface area contributed by atoms with Crippen molar-refractivity contribution in [1.82, 2.24) is 10.2 Å². The van der Waals surface area contributed by atoms with Gasteiger partial charge in [-0.15, -0.1) is 12.4 Å². The molecule has 2 rings (SSSR count). The maximum absolute atomic E-state index is 12.2. The minimum atomic E-state index is -0.427. The van der Waals surface area contributed by atoms with Crippen molar-refractivity contribution < 1.29 is 4.79 Å². The van der Waals surface area contributed by atoms with Gasteiger partial charge in [0.1, 0.15) is 0 Å². The molecule has 0 aliphatic carbocycles. The average molecular weight is 368 g/mol. The van der Waals surface area contributed by atoms with Crippen LogP contribution in [-0.4, -0.2) is 29.4 Å². The molecule has 1 aliphatic heterocycles. The SMILES string of the molecule is CCC(C)C(N)C(=O)NCc1ccccc1CN1CCCCC1C.Cl. The maximum atomic E-state index is 12.2. The van der Waals surface area contributed by atoms with Crippen LogP contribution < -0.4 is 11.1 Å².